The van der Waals surface area contributed by atoms with Crippen molar-refractivity contribution in [3.05, 3.63) is 238 Å². The number of carbonyl (C=O) groups excluding carboxylic acids is 9. The quantitative estimate of drug-likeness (QED) is 0.0216. The number of methoxy groups -OCH3 is 1. The molecule has 0 atom stereocenters. The molecule has 702 valence electrons. The van der Waals surface area contributed by atoms with Crippen molar-refractivity contribution in [2.45, 2.75) is 174 Å². The molecule has 0 unspecified atom stereocenters. The van der Waals surface area contributed by atoms with Crippen LogP contribution in [0.2, 0.25) is 0 Å². The summed E-state index contributed by atoms with van der Waals surface area (Å²) in [6, 6.07) is 55.8. The Morgan fingerprint density at radius 3 is 0.962 bits per heavy atom. The molecule has 15 aromatic rings. The highest BCUT2D eigenvalue weighted by Gasteiger charge is 2.28. The summed E-state index contributed by atoms with van der Waals surface area (Å²) in [6.07, 6.45) is 6.26. The highest BCUT2D eigenvalue weighted by atomic mass is 35.5. The summed E-state index contributed by atoms with van der Waals surface area (Å²) in [7, 11) is 9.85. The lowest BCUT2D eigenvalue weighted by molar-refractivity contribution is 0.100. The maximum atomic E-state index is 12.3. The van der Waals surface area contributed by atoms with Crippen LogP contribution >= 0.6 is 37.2 Å². The van der Waals surface area contributed by atoms with Gasteiger partial charge >= 0.3 is 0 Å². The number of rotatable bonds is 34. The van der Waals surface area contributed by atoms with Crippen molar-refractivity contribution in [3.8, 4) is 5.75 Å². The molecule has 21 nitrogen and oxygen atoms in total. The molecule has 133 heavy (non-hydrogen) atoms. The van der Waals surface area contributed by atoms with Crippen molar-refractivity contribution in [1.82, 2.24) is 53.9 Å². The topological polar surface area (TPSA) is 242 Å². The van der Waals surface area contributed by atoms with Crippen molar-refractivity contribution in [1.29, 1.82) is 0 Å². The fraction of sp³-hybridized carbons (Fsp3) is 0.349. The highest BCUT2D eigenvalue weighted by molar-refractivity contribution is 6.19. The van der Waals surface area contributed by atoms with Crippen LogP contribution in [0, 0.1) is 0 Å². The van der Waals surface area contributed by atoms with Gasteiger partial charge in [0.15, 0.2) is 52.0 Å². The molecule has 6 heterocycles. The van der Waals surface area contributed by atoms with Crippen LogP contribution in [0.15, 0.2) is 176 Å². The van der Waals surface area contributed by atoms with Crippen LogP contribution in [0.3, 0.4) is 0 Å². The third-order valence-corrected chi connectivity index (χ3v) is 24.8. The van der Waals surface area contributed by atoms with Gasteiger partial charge in [-0.1, -0.05) is 40.3 Å². The number of benzene rings is 10. The first-order valence-corrected chi connectivity index (χ1v) is 45.6. The van der Waals surface area contributed by atoms with Gasteiger partial charge in [0.1, 0.15) is 5.75 Å². The van der Waals surface area contributed by atoms with E-state index < -0.39 is 0 Å². The minimum atomic E-state index is 0. The van der Waals surface area contributed by atoms with Crippen molar-refractivity contribution in [2.24, 2.45) is 0 Å². The monoisotopic (exact) mass is 1860 g/mol. The first kappa shape index (κ1) is 105. The first-order valence-electron chi connectivity index (χ1n) is 45.6. The van der Waals surface area contributed by atoms with Crippen LogP contribution in [-0.2, 0) is 39.3 Å². The molecule has 0 saturated carbocycles. The zero-order chi connectivity index (χ0) is 93.6. The Morgan fingerprint density at radius 1 is 0.376 bits per heavy atom. The fourth-order valence-corrected chi connectivity index (χ4v) is 17.9. The van der Waals surface area contributed by atoms with Gasteiger partial charge in [-0.05, 0) is 331 Å². The molecule has 0 radical (unpaired) electrons. The number of hydrogen-bond acceptors (Lipinski definition) is 16. The molecule has 1 aliphatic heterocycles. The average molecular weight is 1860 g/mol. The normalized spacial score (nSPS) is 11.6. The summed E-state index contributed by atoms with van der Waals surface area (Å²) >= 11 is 0. The first-order chi connectivity index (χ1) is 62.3. The van der Waals surface area contributed by atoms with Crippen LogP contribution in [0.25, 0.3) is 115 Å². The van der Waals surface area contributed by atoms with E-state index in [2.05, 4.69) is 121 Å². The maximum absolute atomic E-state index is 12.3. The molecule has 0 amide bonds. The van der Waals surface area contributed by atoms with Gasteiger partial charge in [-0.3, -0.25) is 43.2 Å². The Balaban J connectivity index is 0.000000186. The zero-order valence-electron chi connectivity index (χ0n) is 80.3. The fourth-order valence-electron chi connectivity index (χ4n) is 17.9. The lowest BCUT2D eigenvalue weighted by Gasteiger charge is -2.13. The number of nitrogens with one attached hydrogen (secondary N) is 4. The molecule has 0 saturated heterocycles. The highest BCUT2D eigenvalue weighted by Crippen LogP contribution is 2.43. The van der Waals surface area contributed by atoms with E-state index in [4.69, 9.17) is 4.74 Å². The van der Waals surface area contributed by atoms with Crippen molar-refractivity contribution in [2.75, 3.05) is 81.1 Å². The smallest absolute Gasteiger partial charge is 0.163 e. The molecule has 4 N–H and O–H groups in total. The van der Waals surface area contributed by atoms with Gasteiger partial charge in [0.2, 0.25) is 0 Å². The molecular formula is C109H130Cl3N11O10. The van der Waals surface area contributed by atoms with Gasteiger partial charge in [-0.2, -0.15) is 0 Å². The van der Waals surface area contributed by atoms with Crippen molar-refractivity contribution in [3.63, 3.8) is 0 Å². The van der Waals surface area contributed by atoms with Crippen LogP contribution < -0.4 is 26.0 Å². The summed E-state index contributed by atoms with van der Waals surface area (Å²) in [4.78, 5) is 111. The predicted octanol–water partition coefficient (Wildman–Crippen LogP) is 22.8. The van der Waals surface area contributed by atoms with Crippen molar-refractivity contribution >= 4 is 204 Å². The molecule has 0 aliphatic carbocycles. The lowest BCUT2D eigenvalue weighted by Crippen LogP contribution is -2.24. The molecule has 16 rings (SSSR count). The molecule has 1 aliphatic rings. The Kier molecular flexibility index (Phi) is 37.3. The summed E-state index contributed by atoms with van der Waals surface area (Å²) in [5.41, 5.74) is 21.0. The Morgan fingerprint density at radius 2 is 0.677 bits per heavy atom. The third-order valence-electron chi connectivity index (χ3n) is 24.8. The van der Waals surface area contributed by atoms with E-state index >= 15 is 0 Å². The molecule has 5 aromatic heterocycles. The standard InChI is InChI=1S/C24H29N3O2.2C22H26N2O2.C21H24N2O2.C20H22N2O2.3ClH/c1-15-17-8-9-21-24(20(17)14-26(15)5)19-12-18(16(2)28)23(29-6)13-22(19)27(21)11-7-10-25(3)4;1-14(2)23-10-5-11-24-21-8-6-17(15(3)25)12-19(21)20-13-18(16(4)26)7-9-22(20)24;1-4-10-23-11-5-12-24-21-8-6-17(15(2)25)13-19(21)20-14-18(16(3)26)7-9-22(20)24;1-4-22-10-5-11-23-20-8-6-16(14(2)24)12-18(20)19-13-17(15(3)25)7-9-21(19)23;1-13(23)15-5-7-19-17(11-15)18-12-16(14(2)24)6-8-20(18)22(19)10-4-9-21-3;;;/h8-9,12-13H,1,7,10-11,14H2,2-6H3;6-9,12-14,23H,5,10-11H2,1-4H3;6-9,13-14,23H,4-5,10-12H2,1-3H3;6-9,12-13,22H,4-5,10-11H2,1-3H3;5-8,11-12,21H,4,9-10H2,1-3H3;3*1H. The van der Waals surface area contributed by atoms with Gasteiger partial charge < -0.3 is 58.6 Å². The molecule has 10 aromatic carbocycles. The number of aromatic nitrogens is 5. The summed E-state index contributed by atoms with van der Waals surface area (Å²) in [5, 5.41) is 24.1. The van der Waals surface area contributed by atoms with E-state index in [9.17, 15) is 43.2 Å². The van der Waals surface area contributed by atoms with E-state index in [1.807, 2.05) is 165 Å². The van der Waals surface area contributed by atoms with Crippen LogP contribution in [-0.4, -0.2) is 172 Å². The molecular weight excluding hydrogens is 1730 g/mol. The van der Waals surface area contributed by atoms with Gasteiger partial charge in [-0.15, -0.1) is 37.2 Å². The number of ketones is 9. The summed E-state index contributed by atoms with van der Waals surface area (Å²) in [6.45, 7) is 39.3. The largest absolute Gasteiger partial charge is 0.496 e. The van der Waals surface area contributed by atoms with E-state index in [1.54, 1.807) is 69.4 Å². The number of fused-ring (bicyclic) bond motifs is 17. The number of aryl methyl sites for hydroxylation is 5. The van der Waals surface area contributed by atoms with Gasteiger partial charge in [0.05, 0.1) is 18.2 Å². The second kappa shape index (κ2) is 47.2. The number of hydrogen-bond donors (Lipinski definition) is 4. The van der Waals surface area contributed by atoms with E-state index in [1.165, 1.54) is 22.0 Å². The number of carbonyl (C=O) groups is 9. The predicted molar refractivity (Wildman–Crippen MR) is 556 cm³/mol. The number of Topliss-reactive ketones (excluding diaryl/α,β-unsaturated/α-hetero) is 9. The summed E-state index contributed by atoms with van der Waals surface area (Å²) in [5.74, 6) is 1.08. The minimum Gasteiger partial charge on any atom is -0.496 e. The van der Waals surface area contributed by atoms with Crippen LogP contribution in [0.5, 0.6) is 5.75 Å². The van der Waals surface area contributed by atoms with Gasteiger partial charge in [0.25, 0.3) is 0 Å². The minimum absolute atomic E-state index is 0. The third kappa shape index (κ3) is 23.7. The summed E-state index contributed by atoms with van der Waals surface area (Å²) < 4.78 is 17.1. The molecule has 0 fully saturated rings. The lowest BCUT2D eigenvalue weighted by atomic mass is 10.00. The average Bonchev–Trinajstić information content (AvgIpc) is 1.56. The van der Waals surface area contributed by atoms with Gasteiger partial charge in [-0.25, -0.2) is 0 Å². The maximum Gasteiger partial charge on any atom is 0.163 e. The number of halogens is 3. The van der Waals surface area contributed by atoms with Crippen LogP contribution in [0.1, 0.15) is 233 Å². The SMILES string of the molecule is C=C1c2ccc3c(c2CN1C)c1cc(C(C)=O)c(OC)cc1n3CCCN(C)C.CC(=O)c1ccc2c(c1)c1cc(C(C)=O)ccc1n2CCCNC(C)C.CCCNCCCn1c2ccc(C(C)=O)cc2c2cc(C(C)=O)ccc21.CCNCCCn1c2ccc(C(C)=O)cc2c2cc(C(C)=O)ccc21.CNCCCn1c2ccc(C(C)=O)cc2c2cc(C(C)=O)ccc21.Cl.Cl.Cl. The molecule has 0 bridgehead atoms. The second-order valence-corrected chi connectivity index (χ2v) is 34.9. The Bertz CT molecular complexity index is 6610. The van der Waals surface area contributed by atoms with Crippen LogP contribution in [0.4, 0.5) is 0 Å². The van der Waals surface area contributed by atoms with E-state index in [0.717, 1.165) is 227 Å². The van der Waals surface area contributed by atoms with Gasteiger partial charge in [0, 0.05) is 218 Å². The molecule has 0 spiro atoms. The Labute approximate surface area is 799 Å². The van der Waals surface area contributed by atoms with E-state index in [-0.39, 0.29) is 89.3 Å². The second-order valence-electron chi connectivity index (χ2n) is 34.9. The molecule has 24 heteroatoms. The number of nitrogens with zero attached hydrogens (tertiary/aromatic N) is 7. The zero-order valence-corrected chi connectivity index (χ0v) is 82.8. The number of ether oxygens (including phenoxy) is 1. The Hall–Kier alpha value is -11.8. The van der Waals surface area contributed by atoms with Crippen molar-refractivity contribution < 1.29 is 47.9 Å². The van der Waals surface area contributed by atoms with E-state index in [0.29, 0.717) is 61.9 Å².